The molecule has 18 heavy (non-hydrogen) atoms. The molecular weight excluding hydrogens is 234 g/mol. The third kappa shape index (κ3) is 5.54. The molecule has 0 aromatic heterocycles. The van der Waals surface area contributed by atoms with Crippen LogP contribution in [0.5, 0.6) is 5.75 Å². The van der Waals surface area contributed by atoms with E-state index < -0.39 is 0 Å². The molecule has 5 heteroatoms. The fourth-order valence-electron chi connectivity index (χ4n) is 1.31. The van der Waals surface area contributed by atoms with Crippen LogP contribution < -0.4 is 10.5 Å². The van der Waals surface area contributed by atoms with Gasteiger partial charge in [-0.2, -0.15) is 0 Å². The summed E-state index contributed by atoms with van der Waals surface area (Å²) in [6, 6.07) is 7.27. The lowest BCUT2D eigenvalue weighted by atomic mass is 10.3. The van der Waals surface area contributed by atoms with E-state index in [0.29, 0.717) is 37.9 Å². The smallest absolute Gasteiger partial charge is 0.308 e. The van der Waals surface area contributed by atoms with E-state index in [1.165, 1.54) is 0 Å². The zero-order valence-corrected chi connectivity index (χ0v) is 10.6. The number of ether oxygens (including phenoxy) is 3. The average Bonchev–Trinajstić information content (AvgIpc) is 2.36. The molecule has 5 nitrogen and oxygen atoms in total. The molecule has 0 heterocycles. The lowest BCUT2D eigenvalue weighted by Gasteiger charge is -2.08. The lowest BCUT2D eigenvalue weighted by Crippen LogP contribution is -2.12. The van der Waals surface area contributed by atoms with Crippen molar-refractivity contribution in [2.24, 2.45) is 0 Å². The van der Waals surface area contributed by atoms with Crippen LogP contribution in [0.4, 0.5) is 5.69 Å². The van der Waals surface area contributed by atoms with Gasteiger partial charge < -0.3 is 19.9 Å². The molecule has 0 atom stereocenters. The number of esters is 1. The van der Waals surface area contributed by atoms with E-state index >= 15 is 0 Å². The van der Waals surface area contributed by atoms with Crippen molar-refractivity contribution in [2.75, 3.05) is 32.2 Å². The molecule has 0 aliphatic rings. The maximum Gasteiger partial charge on any atom is 0.308 e. The Morgan fingerprint density at radius 2 is 2.00 bits per heavy atom. The van der Waals surface area contributed by atoms with Gasteiger partial charge in [-0.15, -0.1) is 0 Å². The van der Waals surface area contributed by atoms with Gasteiger partial charge in [-0.3, -0.25) is 4.79 Å². The molecule has 0 aliphatic carbocycles. The van der Waals surface area contributed by atoms with Crippen molar-refractivity contribution < 1.29 is 19.0 Å². The Morgan fingerprint density at radius 1 is 1.22 bits per heavy atom. The molecule has 0 saturated heterocycles. The number of rotatable bonds is 8. The molecule has 0 fully saturated rings. The van der Waals surface area contributed by atoms with Gasteiger partial charge in [0.15, 0.2) is 0 Å². The Morgan fingerprint density at radius 3 is 2.72 bits per heavy atom. The third-order valence-electron chi connectivity index (χ3n) is 2.16. The van der Waals surface area contributed by atoms with Crippen LogP contribution in [-0.2, 0) is 14.3 Å². The Kier molecular flexibility index (Phi) is 6.64. The Hall–Kier alpha value is -1.75. The monoisotopic (exact) mass is 253 g/mol. The fourth-order valence-corrected chi connectivity index (χ4v) is 1.31. The first-order chi connectivity index (χ1) is 8.74. The Bertz CT molecular complexity index is 368. The normalized spacial score (nSPS) is 10.1. The van der Waals surface area contributed by atoms with Crippen molar-refractivity contribution in [2.45, 2.75) is 13.3 Å². The summed E-state index contributed by atoms with van der Waals surface area (Å²) in [5.74, 6) is 0.400. The van der Waals surface area contributed by atoms with Gasteiger partial charge in [0.1, 0.15) is 12.4 Å². The second kappa shape index (κ2) is 8.36. The molecular formula is C13H19NO4. The van der Waals surface area contributed by atoms with Gasteiger partial charge in [-0.25, -0.2) is 0 Å². The van der Waals surface area contributed by atoms with Crippen LogP contribution in [0.1, 0.15) is 13.3 Å². The second-order valence-corrected chi connectivity index (χ2v) is 3.55. The molecule has 0 bridgehead atoms. The van der Waals surface area contributed by atoms with Gasteiger partial charge in [0.05, 0.1) is 31.9 Å². The summed E-state index contributed by atoms with van der Waals surface area (Å²) < 4.78 is 15.4. The summed E-state index contributed by atoms with van der Waals surface area (Å²) >= 11 is 0. The summed E-state index contributed by atoms with van der Waals surface area (Å²) in [5.41, 5.74) is 6.31. The number of para-hydroxylation sites is 2. The van der Waals surface area contributed by atoms with Crippen molar-refractivity contribution in [1.82, 2.24) is 0 Å². The summed E-state index contributed by atoms with van der Waals surface area (Å²) in [6.45, 7) is 3.32. The number of nitrogen functional groups attached to an aromatic ring is 1. The molecule has 0 saturated carbocycles. The number of benzene rings is 1. The minimum atomic E-state index is -0.245. The van der Waals surface area contributed by atoms with Crippen molar-refractivity contribution in [3.05, 3.63) is 24.3 Å². The number of carbonyl (C=O) groups is 1. The lowest BCUT2D eigenvalue weighted by molar-refractivity contribution is -0.144. The molecule has 0 amide bonds. The van der Waals surface area contributed by atoms with Gasteiger partial charge in [-0.1, -0.05) is 12.1 Å². The molecule has 0 radical (unpaired) electrons. The number of hydrogen-bond acceptors (Lipinski definition) is 5. The second-order valence-electron chi connectivity index (χ2n) is 3.55. The number of carbonyl (C=O) groups excluding carboxylic acids is 1. The molecule has 0 spiro atoms. The first-order valence-electron chi connectivity index (χ1n) is 5.94. The van der Waals surface area contributed by atoms with Crippen LogP contribution in [-0.4, -0.2) is 32.4 Å². The Balaban J connectivity index is 2.06. The van der Waals surface area contributed by atoms with Crippen molar-refractivity contribution >= 4 is 11.7 Å². The SMILES string of the molecule is CCOC(=O)CCOCCOc1ccccc1N. The molecule has 100 valence electrons. The zero-order valence-electron chi connectivity index (χ0n) is 10.6. The predicted molar refractivity (Wildman–Crippen MR) is 68.4 cm³/mol. The number of hydrogen-bond donors (Lipinski definition) is 1. The fraction of sp³-hybridized carbons (Fsp3) is 0.462. The van der Waals surface area contributed by atoms with Crippen molar-refractivity contribution in [3.63, 3.8) is 0 Å². The van der Waals surface area contributed by atoms with Gasteiger partial charge in [0.2, 0.25) is 0 Å². The molecule has 0 aliphatic heterocycles. The van der Waals surface area contributed by atoms with Crippen LogP contribution in [0.2, 0.25) is 0 Å². The van der Waals surface area contributed by atoms with Crippen LogP contribution >= 0.6 is 0 Å². The maximum absolute atomic E-state index is 11.0. The quantitative estimate of drug-likeness (QED) is 0.433. The Labute approximate surface area is 107 Å². The molecule has 2 N–H and O–H groups in total. The van der Waals surface area contributed by atoms with Crippen LogP contribution in [0.3, 0.4) is 0 Å². The first-order valence-corrected chi connectivity index (χ1v) is 5.94. The minimum Gasteiger partial charge on any atom is -0.489 e. The summed E-state index contributed by atoms with van der Waals surface area (Å²) in [5, 5.41) is 0. The van der Waals surface area contributed by atoms with Gasteiger partial charge in [0.25, 0.3) is 0 Å². The minimum absolute atomic E-state index is 0.245. The topological polar surface area (TPSA) is 70.8 Å². The molecule has 1 rings (SSSR count). The summed E-state index contributed by atoms with van der Waals surface area (Å²) in [6.07, 6.45) is 0.265. The van der Waals surface area contributed by atoms with Crippen molar-refractivity contribution in [1.29, 1.82) is 0 Å². The highest BCUT2D eigenvalue weighted by atomic mass is 16.5. The number of nitrogens with two attached hydrogens (primary N) is 1. The predicted octanol–water partition coefficient (Wildman–Crippen LogP) is 1.62. The van der Waals surface area contributed by atoms with Gasteiger partial charge in [0, 0.05) is 0 Å². The average molecular weight is 253 g/mol. The van der Waals surface area contributed by atoms with E-state index in [9.17, 15) is 4.79 Å². The maximum atomic E-state index is 11.0. The molecule has 0 unspecified atom stereocenters. The van der Waals surface area contributed by atoms with Crippen LogP contribution in [0, 0.1) is 0 Å². The van der Waals surface area contributed by atoms with Crippen LogP contribution in [0.15, 0.2) is 24.3 Å². The summed E-state index contributed by atoms with van der Waals surface area (Å²) in [4.78, 5) is 11.0. The van der Waals surface area contributed by atoms with Crippen molar-refractivity contribution in [3.8, 4) is 5.75 Å². The van der Waals surface area contributed by atoms with E-state index in [1.54, 1.807) is 19.1 Å². The van der Waals surface area contributed by atoms with E-state index in [2.05, 4.69) is 0 Å². The highest BCUT2D eigenvalue weighted by molar-refractivity contribution is 5.69. The van der Waals surface area contributed by atoms with E-state index in [1.807, 2.05) is 12.1 Å². The molecule has 1 aromatic rings. The largest absolute Gasteiger partial charge is 0.489 e. The first kappa shape index (κ1) is 14.3. The summed E-state index contributed by atoms with van der Waals surface area (Å²) in [7, 11) is 0. The van der Waals surface area contributed by atoms with Gasteiger partial charge in [-0.05, 0) is 19.1 Å². The third-order valence-corrected chi connectivity index (χ3v) is 2.16. The standard InChI is InChI=1S/C13H19NO4/c1-2-17-13(15)7-8-16-9-10-18-12-6-4-3-5-11(12)14/h3-6H,2,7-10,14H2,1H3. The van der Waals surface area contributed by atoms with Crippen LogP contribution in [0.25, 0.3) is 0 Å². The van der Waals surface area contributed by atoms with E-state index in [4.69, 9.17) is 19.9 Å². The highest BCUT2D eigenvalue weighted by Crippen LogP contribution is 2.19. The van der Waals surface area contributed by atoms with E-state index in [0.717, 1.165) is 0 Å². The van der Waals surface area contributed by atoms with E-state index in [-0.39, 0.29) is 12.4 Å². The number of anilines is 1. The van der Waals surface area contributed by atoms with Gasteiger partial charge >= 0.3 is 5.97 Å². The highest BCUT2D eigenvalue weighted by Gasteiger charge is 2.01. The zero-order chi connectivity index (χ0) is 13.2. The molecule has 1 aromatic carbocycles.